The van der Waals surface area contributed by atoms with Gasteiger partial charge in [-0.1, -0.05) is 18.2 Å². The molecule has 0 fully saturated rings. The van der Waals surface area contributed by atoms with Crippen molar-refractivity contribution in [3.8, 4) is 0 Å². The number of hydrogen-bond donors (Lipinski definition) is 2. The van der Waals surface area contributed by atoms with Gasteiger partial charge in [0.25, 0.3) is 0 Å². The average Bonchev–Trinajstić information content (AvgIpc) is 2.86. The largest absolute Gasteiger partial charge is 0.397 e. The number of nitrogens with two attached hydrogens (primary N) is 1. The number of hydrogen-bond acceptors (Lipinski definition) is 3. The highest BCUT2D eigenvalue weighted by molar-refractivity contribution is 7.99. The predicted octanol–water partition coefficient (Wildman–Crippen LogP) is 3.24. The van der Waals surface area contributed by atoms with Gasteiger partial charge in [0.15, 0.2) is 0 Å². The standard InChI is InChI=1S/C15H13FN2OS/c16-9-5-6-13(12(17)7-9)18-15(19)11-8-20-14-4-2-1-3-10(11)14/h1-7,11H,8,17H2,(H,18,19). The van der Waals surface area contributed by atoms with Gasteiger partial charge < -0.3 is 11.1 Å². The summed E-state index contributed by atoms with van der Waals surface area (Å²) in [6.45, 7) is 0. The maximum atomic E-state index is 13.0. The summed E-state index contributed by atoms with van der Waals surface area (Å²) in [7, 11) is 0. The van der Waals surface area contributed by atoms with Crippen LogP contribution in [0.15, 0.2) is 47.4 Å². The summed E-state index contributed by atoms with van der Waals surface area (Å²) < 4.78 is 13.0. The van der Waals surface area contributed by atoms with Crippen LogP contribution >= 0.6 is 11.8 Å². The first kappa shape index (κ1) is 13.0. The lowest BCUT2D eigenvalue weighted by molar-refractivity contribution is -0.117. The minimum absolute atomic E-state index is 0.110. The lowest BCUT2D eigenvalue weighted by Gasteiger charge is -2.13. The van der Waals surface area contributed by atoms with E-state index in [1.54, 1.807) is 11.8 Å². The molecule has 3 nitrogen and oxygen atoms in total. The lowest BCUT2D eigenvalue weighted by Crippen LogP contribution is -2.21. The SMILES string of the molecule is Nc1cc(F)ccc1NC(=O)C1CSc2ccccc21. The first-order valence-corrected chi connectivity index (χ1v) is 7.21. The van der Waals surface area contributed by atoms with Crippen LogP contribution in [0.3, 0.4) is 0 Å². The molecule has 5 heteroatoms. The number of thioether (sulfide) groups is 1. The molecule has 1 amide bonds. The van der Waals surface area contributed by atoms with Gasteiger partial charge in [-0.15, -0.1) is 11.8 Å². The second kappa shape index (κ2) is 5.17. The molecule has 0 saturated carbocycles. The molecule has 1 atom stereocenters. The molecule has 3 N–H and O–H groups in total. The molecular formula is C15H13FN2OS. The second-order valence-corrected chi connectivity index (χ2v) is 5.68. The van der Waals surface area contributed by atoms with Crippen LogP contribution in [0.5, 0.6) is 0 Å². The third-order valence-electron chi connectivity index (χ3n) is 3.29. The van der Waals surface area contributed by atoms with E-state index in [9.17, 15) is 9.18 Å². The molecule has 2 aromatic rings. The van der Waals surface area contributed by atoms with Gasteiger partial charge >= 0.3 is 0 Å². The van der Waals surface area contributed by atoms with Gasteiger partial charge in [0.05, 0.1) is 17.3 Å². The van der Waals surface area contributed by atoms with Gasteiger partial charge in [0.1, 0.15) is 5.82 Å². The smallest absolute Gasteiger partial charge is 0.232 e. The van der Waals surface area contributed by atoms with E-state index >= 15 is 0 Å². The van der Waals surface area contributed by atoms with Crippen molar-refractivity contribution in [3.05, 3.63) is 53.8 Å². The first-order chi connectivity index (χ1) is 9.65. The maximum absolute atomic E-state index is 13.0. The van der Waals surface area contributed by atoms with Crippen LogP contribution in [0.2, 0.25) is 0 Å². The monoisotopic (exact) mass is 288 g/mol. The fourth-order valence-electron chi connectivity index (χ4n) is 2.25. The van der Waals surface area contributed by atoms with E-state index < -0.39 is 5.82 Å². The number of halogens is 1. The Balaban J connectivity index is 1.81. The van der Waals surface area contributed by atoms with E-state index in [-0.39, 0.29) is 17.5 Å². The zero-order valence-electron chi connectivity index (χ0n) is 10.6. The Hall–Kier alpha value is -2.01. The third-order valence-corrected chi connectivity index (χ3v) is 4.47. The second-order valence-electron chi connectivity index (χ2n) is 4.62. The Bertz CT molecular complexity index is 675. The molecule has 2 aromatic carbocycles. The molecule has 0 spiro atoms. The Morgan fingerprint density at radius 2 is 2.10 bits per heavy atom. The summed E-state index contributed by atoms with van der Waals surface area (Å²) in [5.41, 5.74) is 7.42. The summed E-state index contributed by atoms with van der Waals surface area (Å²) in [4.78, 5) is 13.5. The molecule has 1 aliphatic rings. The van der Waals surface area contributed by atoms with Gasteiger partial charge in [0.2, 0.25) is 5.91 Å². The molecular weight excluding hydrogens is 275 g/mol. The van der Waals surface area contributed by atoms with Gasteiger partial charge in [-0.2, -0.15) is 0 Å². The van der Waals surface area contributed by atoms with Crippen LogP contribution in [0.1, 0.15) is 11.5 Å². The molecule has 0 aliphatic carbocycles. The molecule has 0 saturated heterocycles. The Kier molecular flexibility index (Phi) is 3.36. The number of rotatable bonds is 2. The van der Waals surface area contributed by atoms with Gasteiger partial charge in [0, 0.05) is 10.6 Å². The quantitative estimate of drug-likeness (QED) is 0.834. The average molecular weight is 288 g/mol. The van der Waals surface area contributed by atoms with Crippen molar-refractivity contribution >= 4 is 29.0 Å². The molecule has 0 radical (unpaired) electrons. The number of fused-ring (bicyclic) bond motifs is 1. The minimum Gasteiger partial charge on any atom is -0.397 e. The number of anilines is 2. The van der Waals surface area contributed by atoms with Crippen molar-refractivity contribution in [1.29, 1.82) is 0 Å². The first-order valence-electron chi connectivity index (χ1n) is 6.23. The third kappa shape index (κ3) is 2.36. The Morgan fingerprint density at radius 1 is 1.30 bits per heavy atom. The van der Waals surface area contributed by atoms with Crippen LogP contribution in [0.25, 0.3) is 0 Å². The highest BCUT2D eigenvalue weighted by atomic mass is 32.2. The van der Waals surface area contributed by atoms with Crippen LogP contribution in [-0.2, 0) is 4.79 Å². The van der Waals surface area contributed by atoms with Crippen molar-refractivity contribution in [2.75, 3.05) is 16.8 Å². The van der Waals surface area contributed by atoms with E-state index in [0.717, 1.165) is 10.5 Å². The van der Waals surface area contributed by atoms with Crippen molar-refractivity contribution in [2.24, 2.45) is 0 Å². The maximum Gasteiger partial charge on any atom is 0.232 e. The molecule has 3 rings (SSSR count). The number of carbonyl (C=O) groups is 1. The van der Waals surface area contributed by atoms with E-state index in [0.29, 0.717) is 11.4 Å². The summed E-state index contributed by atoms with van der Waals surface area (Å²) in [5.74, 6) is -0.00425. The van der Waals surface area contributed by atoms with Crippen molar-refractivity contribution in [2.45, 2.75) is 10.8 Å². The van der Waals surface area contributed by atoms with Crippen LogP contribution in [0, 0.1) is 5.82 Å². The fourth-order valence-corrected chi connectivity index (χ4v) is 3.48. The van der Waals surface area contributed by atoms with Crippen molar-refractivity contribution in [1.82, 2.24) is 0 Å². The molecule has 1 aliphatic heterocycles. The highest BCUT2D eigenvalue weighted by Crippen LogP contribution is 2.40. The zero-order valence-corrected chi connectivity index (χ0v) is 11.4. The van der Waals surface area contributed by atoms with E-state index in [4.69, 9.17) is 5.73 Å². The molecule has 0 bridgehead atoms. The van der Waals surface area contributed by atoms with E-state index in [1.165, 1.54) is 18.2 Å². The molecule has 20 heavy (non-hydrogen) atoms. The minimum atomic E-state index is -0.415. The van der Waals surface area contributed by atoms with Crippen LogP contribution < -0.4 is 11.1 Å². The van der Waals surface area contributed by atoms with E-state index in [2.05, 4.69) is 5.32 Å². The zero-order chi connectivity index (χ0) is 14.1. The number of nitrogens with one attached hydrogen (secondary N) is 1. The summed E-state index contributed by atoms with van der Waals surface area (Å²) >= 11 is 1.67. The molecule has 0 aromatic heterocycles. The van der Waals surface area contributed by atoms with Gasteiger partial charge in [-0.25, -0.2) is 4.39 Å². The van der Waals surface area contributed by atoms with E-state index in [1.807, 2.05) is 24.3 Å². The number of amides is 1. The Morgan fingerprint density at radius 3 is 2.90 bits per heavy atom. The molecule has 1 heterocycles. The normalized spacial score (nSPS) is 16.8. The van der Waals surface area contributed by atoms with Crippen LogP contribution in [0.4, 0.5) is 15.8 Å². The summed E-state index contributed by atoms with van der Waals surface area (Å²) in [6, 6.07) is 11.8. The molecule has 1 unspecified atom stereocenters. The summed E-state index contributed by atoms with van der Waals surface area (Å²) in [5, 5.41) is 2.78. The number of carbonyl (C=O) groups excluding carboxylic acids is 1. The van der Waals surface area contributed by atoms with Gasteiger partial charge in [-0.05, 0) is 29.8 Å². The summed E-state index contributed by atoms with van der Waals surface area (Å²) in [6.07, 6.45) is 0. The Labute approximate surface area is 120 Å². The van der Waals surface area contributed by atoms with Crippen molar-refractivity contribution in [3.63, 3.8) is 0 Å². The van der Waals surface area contributed by atoms with Crippen molar-refractivity contribution < 1.29 is 9.18 Å². The van der Waals surface area contributed by atoms with Crippen LogP contribution in [-0.4, -0.2) is 11.7 Å². The number of benzene rings is 2. The lowest BCUT2D eigenvalue weighted by atomic mass is 10.0. The molecule has 102 valence electrons. The number of nitrogen functional groups attached to an aromatic ring is 1. The fraction of sp³-hybridized carbons (Fsp3) is 0.133. The predicted molar refractivity (Wildman–Crippen MR) is 79.3 cm³/mol. The topological polar surface area (TPSA) is 55.1 Å². The highest BCUT2D eigenvalue weighted by Gasteiger charge is 2.29. The van der Waals surface area contributed by atoms with Gasteiger partial charge in [-0.3, -0.25) is 4.79 Å².